The number of nitrogens with one attached hydrogen (secondary N) is 1. The molecule has 32 heavy (non-hydrogen) atoms. The Bertz CT molecular complexity index is 1240. The summed E-state index contributed by atoms with van der Waals surface area (Å²) in [5, 5.41) is 4.99. The van der Waals surface area contributed by atoms with Crippen molar-refractivity contribution in [1.29, 1.82) is 0 Å². The molecule has 3 heterocycles. The summed E-state index contributed by atoms with van der Waals surface area (Å²) < 4.78 is 6.88. The first-order valence-electron chi connectivity index (χ1n) is 10.8. The van der Waals surface area contributed by atoms with E-state index in [4.69, 9.17) is 9.72 Å². The average Bonchev–Trinajstić information content (AvgIpc) is 3.37. The van der Waals surface area contributed by atoms with Crippen LogP contribution in [0.15, 0.2) is 48.5 Å². The fourth-order valence-electron chi connectivity index (χ4n) is 4.04. The average molecular weight is 464 g/mol. The molecule has 1 aliphatic heterocycles. The molecule has 5 nitrogen and oxygen atoms in total. The summed E-state index contributed by atoms with van der Waals surface area (Å²) in [6.45, 7) is 7.16. The van der Waals surface area contributed by atoms with Crippen molar-refractivity contribution in [3.8, 4) is 16.3 Å². The van der Waals surface area contributed by atoms with Crippen LogP contribution in [0.2, 0.25) is 0 Å². The molecule has 1 amide bonds. The van der Waals surface area contributed by atoms with Crippen molar-refractivity contribution in [2.45, 2.75) is 26.8 Å². The predicted molar refractivity (Wildman–Crippen MR) is 133 cm³/mol. The highest BCUT2D eigenvalue weighted by Gasteiger charge is 2.27. The molecule has 5 rings (SSSR count). The standard InChI is InChI=1S/C25H25N3O2S2/c1-3-28-12-11-18-21(14-28)32-25(23(18)24-26-19-9-4-5-10-20(19)31-24)27-22(29)15-30-17-8-6-7-16(2)13-17/h4-10,13H,3,11-12,14-15H2,1-2H3,(H,27,29). The minimum Gasteiger partial charge on any atom is -0.484 e. The van der Waals surface area contributed by atoms with Crippen molar-refractivity contribution in [2.75, 3.05) is 25.0 Å². The molecule has 4 aromatic rings. The van der Waals surface area contributed by atoms with Crippen LogP contribution in [0, 0.1) is 6.92 Å². The highest BCUT2D eigenvalue weighted by Crippen LogP contribution is 2.45. The number of amides is 1. The Balaban J connectivity index is 1.44. The van der Waals surface area contributed by atoms with Gasteiger partial charge in [-0.25, -0.2) is 4.98 Å². The van der Waals surface area contributed by atoms with Gasteiger partial charge in [0.15, 0.2) is 6.61 Å². The number of aryl methyl sites for hydroxylation is 1. The number of anilines is 1. The van der Waals surface area contributed by atoms with Crippen molar-refractivity contribution in [2.24, 2.45) is 0 Å². The molecule has 0 unspecified atom stereocenters. The lowest BCUT2D eigenvalue weighted by molar-refractivity contribution is -0.118. The van der Waals surface area contributed by atoms with Gasteiger partial charge in [-0.1, -0.05) is 31.2 Å². The first kappa shape index (κ1) is 21.1. The predicted octanol–water partition coefficient (Wildman–Crippen LogP) is 5.73. The van der Waals surface area contributed by atoms with Crippen LogP contribution in [0.4, 0.5) is 5.00 Å². The van der Waals surface area contributed by atoms with Crippen LogP contribution in [0.3, 0.4) is 0 Å². The van der Waals surface area contributed by atoms with Gasteiger partial charge in [0.2, 0.25) is 0 Å². The van der Waals surface area contributed by atoms with Gasteiger partial charge in [-0.2, -0.15) is 0 Å². The summed E-state index contributed by atoms with van der Waals surface area (Å²) in [4.78, 5) is 21.5. The number of hydrogen-bond donors (Lipinski definition) is 1. The second-order valence-electron chi connectivity index (χ2n) is 7.97. The molecule has 0 aliphatic carbocycles. The van der Waals surface area contributed by atoms with Crippen molar-refractivity contribution >= 4 is 43.8 Å². The topological polar surface area (TPSA) is 54.5 Å². The van der Waals surface area contributed by atoms with Crippen molar-refractivity contribution in [3.05, 3.63) is 64.5 Å². The zero-order chi connectivity index (χ0) is 22.1. The monoisotopic (exact) mass is 463 g/mol. The van der Waals surface area contributed by atoms with Crippen molar-refractivity contribution in [1.82, 2.24) is 9.88 Å². The summed E-state index contributed by atoms with van der Waals surface area (Å²) in [7, 11) is 0. The van der Waals surface area contributed by atoms with Gasteiger partial charge in [0, 0.05) is 23.5 Å². The molecule has 0 radical (unpaired) electrons. The molecule has 1 N–H and O–H groups in total. The minimum atomic E-state index is -0.153. The molecule has 0 bridgehead atoms. The maximum absolute atomic E-state index is 12.8. The summed E-state index contributed by atoms with van der Waals surface area (Å²) >= 11 is 3.36. The number of ether oxygens (including phenoxy) is 1. The SMILES string of the molecule is CCN1CCc2c(sc(NC(=O)COc3cccc(C)c3)c2-c2nc3ccccc3s2)C1. The van der Waals surface area contributed by atoms with E-state index in [0.29, 0.717) is 5.75 Å². The highest BCUT2D eigenvalue weighted by molar-refractivity contribution is 7.22. The molecule has 164 valence electrons. The van der Waals surface area contributed by atoms with E-state index in [2.05, 4.69) is 23.2 Å². The molecule has 2 aromatic carbocycles. The third kappa shape index (κ3) is 4.28. The van der Waals surface area contributed by atoms with Crippen LogP contribution in [0.25, 0.3) is 20.8 Å². The molecule has 0 saturated heterocycles. The van der Waals surface area contributed by atoms with E-state index in [1.807, 2.05) is 49.4 Å². The Morgan fingerprint density at radius 1 is 1.19 bits per heavy atom. The van der Waals surface area contributed by atoms with Gasteiger partial charge in [0.05, 0.1) is 10.2 Å². The van der Waals surface area contributed by atoms with Crippen LogP contribution < -0.4 is 10.1 Å². The van der Waals surface area contributed by atoms with Crippen LogP contribution in [-0.2, 0) is 17.8 Å². The first-order valence-corrected chi connectivity index (χ1v) is 12.5. The molecular formula is C25H25N3O2S2. The van der Waals surface area contributed by atoms with E-state index in [-0.39, 0.29) is 12.5 Å². The lowest BCUT2D eigenvalue weighted by Crippen LogP contribution is -2.29. The fourth-order valence-corrected chi connectivity index (χ4v) is 6.45. The van der Waals surface area contributed by atoms with E-state index in [9.17, 15) is 4.79 Å². The Kier molecular flexibility index (Phi) is 5.95. The fraction of sp³-hybridized carbons (Fsp3) is 0.280. The Morgan fingerprint density at radius 3 is 2.88 bits per heavy atom. The molecule has 0 saturated carbocycles. The van der Waals surface area contributed by atoms with E-state index >= 15 is 0 Å². The van der Waals surface area contributed by atoms with Crippen molar-refractivity contribution in [3.63, 3.8) is 0 Å². The Labute approximate surface area is 195 Å². The second kappa shape index (κ2) is 9.02. The third-order valence-electron chi connectivity index (χ3n) is 5.70. The van der Waals surface area contributed by atoms with Crippen LogP contribution in [0.1, 0.15) is 22.9 Å². The molecule has 1 aliphatic rings. The van der Waals surface area contributed by atoms with Gasteiger partial charge in [-0.05, 0) is 55.3 Å². The van der Waals surface area contributed by atoms with Crippen LogP contribution >= 0.6 is 22.7 Å². The van der Waals surface area contributed by atoms with E-state index < -0.39 is 0 Å². The number of thiophene rings is 1. The second-order valence-corrected chi connectivity index (χ2v) is 10.1. The van der Waals surface area contributed by atoms with E-state index in [1.54, 1.807) is 22.7 Å². The number of carbonyl (C=O) groups is 1. The van der Waals surface area contributed by atoms with E-state index in [0.717, 1.165) is 57.4 Å². The number of carbonyl (C=O) groups excluding carboxylic acids is 1. The third-order valence-corrected chi connectivity index (χ3v) is 7.89. The number of likely N-dealkylation sites (N-methyl/N-ethyl adjacent to an activating group) is 1. The summed E-state index contributed by atoms with van der Waals surface area (Å²) in [6.07, 6.45) is 0.973. The number of thiazole rings is 1. The quantitative estimate of drug-likeness (QED) is 0.397. The van der Waals surface area contributed by atoms with Crippen LogP contribution in [-0.4, -0.2) is 35.5 Å². The van der Waals surface area contributed by atoms with Gasteiger partial charge in [-0.15, -0.1) is 22.7 Å². The number of para-hydroxylation sites is 1. The molecule has 0 fully saturated rings. The summed E-state index contributed by atoms with van der Waals surface area (Å²) in [5.41, 5.74) is 4.52. The van der Waals surface area contributed by atoms with Gasteiger partial charge in [0.1, 0.15) is 15.8 Å². The van der Waals surface area contributed by atoms with Gasteiger partial charge >= 0.3 is 0 Å². The lowest BCUT2D eigenvalue weighted by Gasteiger charge is -2.25. The number of nitrogens with zero attached hydrogens (tertiary/aromatic N) is 2. The number of hydrogen-bond acceptors (Lipinski definition) is 6. The molecule has 0 spiro atoms. The van der Waals surface area contributed by atoms with Crippen molar-refractivity contribution < 1.29 is 9.53 Å². The number of fused-ring (bicyclic) bond motifs is 2. The Hall–Kier alpha value is -2.74. The van der Waals surface area contributed by atoms with Gasteiger partial charge < -0.3 is 10.1 Å². The van der Waals surface area contributed by atoms with Gasteiger partial charge in [0.25, 0.3) is 5.91 Å². The number of benzene rings is 2. The summed E-state index contributed by atoms with van der Waals surface area (Å²) in [6, 6.07) is 15.9. The maximum Gasteiger partial charge on any atom is 0.262 e. The smallest absolute Gasteiger partial charge is 0.262 e. The molecule has 2 aromatic heterocycles. The first-order chi connectivity index (χ1) is 15.6. The van der Waals surface area contributed by atoms with Crippen LogP contribution in [0.5, 0.6) is 5.75 Å². The molecule has 7 heteroatoms. The highest BCUT2D eigenvalue weighted by atomic mass is 32.1. The van der Waals surface area contributed by atoms with E-state index in [1.165, 1.54) is 10.4 Å². The molecule has 0 atom stereocenters. The summed E-state index contributed by atoms with van der Waals surface area (Å²) in [5.74, 6) is 0.551. The normalized spacial score (nSPS) is 13.8. The Morgan fingerprint density at radius 2 is 2.06 bits per heavy atom. The zero-order valence-corrected chi connectivity index (χ0v) is 19.8. The minimum absolute atomic E-state index is 0.0214. The number of rotatable bonds is 6. The zero-order valence-electron chi connectivity index (χ0n) is 18.2. The maximum atomic E-state index is 12.8. The molecular weight excluding hydrogens is 438 g/mol. The number of aromatic nitrogens is 1. The largest absolute Gasteiger partial charge is 0.484 e. The lowest BCUT2D eigenvalue weighted by atomic mass is 10.0. The van der Waals surface area contributed by atoms with Gasteiger partial charge in [-0.3, -0.25) is 9.69 Å².